The highest BCUT2D eigenvalue weighted by Crippen LogP contribution is 2.30. The van der Waals surface area contributed by atoms with Crippen molar-refractivity contribution < 1.29 is 14.4 Å². The molecule has 0 unspecified atom stereocenters. The summed E-state index contributed by atoms with van der Waals surface area (Å²) in [6.45, 7) is 0.552. The fraction of sp³-hybridized carbons (Fsp3) is 0.385. The monoisotopic (exact) mass is 339 g/mol. The van der Waals surface area contributed by atoms with Crippen LogP contribution in [0.2, 0.25) is 0 Å². The van der Waals surface area contributed by atoms with Crippen LogP contribution in [0.3, 0.4) is 0 Å². The summed E-state index contributed by atoms with van der Waals surface area (Å²) in [6, 6.07) is 5.51. The molecule has 0 aliphatic carbocycles. The van der Waals surface area contributed by atoms with Crippen molar-refractivity contribution in [1.82, 2.24) is 15.5 Å². The molecule has 6 nitrogen and oxygen atoms in total. The van der Waals surface area contributed by atoms with Gasteiger partial charge in [-0.3, -0.25) is 0 Å². The molecule has 1 fully saturated rings. The van der Waals surface area contributed by atoms with Crippen molar-refractivity contribution in [3.8, 4) is 17.1 Å². The summed E-state index contributed by atoms with van der Waals surface area (Å²) in [5, 5.41) is 16.6. The molecule has 2 heterocycles. The van der Waals surface area contributed by atoms with E-state index in [-0.39, 0.29) is 12.1 Å². The van der Waals surface area contributed by atoms with Crippen LogP contribution in [-0.2, 0) is 0 Å². The van der Waals surface area contributed by atoms with E-state index in [1.807, 2.05) is 18.2 Å². The number of ether oxygens (including phenoxy) is 1. The standard InChI is InChI=1S/C13H14BrN3O3/c1-19-11-3-2-7(4-9(11)14)12-16-13(20-17-12)10-5-8(18)6-15-10/h2-4,8,10,15,18H,5-6H2,1H3/t8-,10+/m1/s1. The van der Waals surface area contributed by atoms with Gasteiger partial charge in [0.1, 0.15) is 5.75 Å². The predicted molar refractivity (Wildman–Crippen MR) is 75.4 cm³/mol. The zero-order valence-electron chi connectivity index (χ0n) is 10.8. The number of halogens is 1. The molecule has 0 spiro atoms. The molecule has 1 aliphatic rings. The van der Waals surface area contributed by atoms with Crippen LogP contribution in [0.25, 0.3) is 11.4 Å². The molecule has 0 bridgehead atoms. The third-order valence-corrected chi connectivity index (χ3v) is 3.88. The zero-order valence-corrected chi connectivity index (χ0v) is 12.4. The lowest BCUT2D eigenvalue weighted by Gasteiger charge is -2.03. The maximum absolute atomic E-state index is 9.51. The van der Waals surface area contributed by atoms with Gasteiger partial charge in [0, 0.05) is 12.1 Å². The highest BCUT2D eigenvalue weighted by molar-refractivity contribution is 9.10. The normalized spacial score (nSPS) is 22.1. The molecule has 7 heteroatoms. The Balaban J connectivity index is 1.84. The van der Waals surface area contributed by atoms with Gasteiger partial charge in [0.05, 0.1) is 23.7 Å². The number of methoxy groups -OCH3 is 1. The Labute approximate surface area is 124 Å². The van der Waals surface area contributed by atoms with Gasteiger partial charge < -0.3 is 19.7 Å². The van der Waals surface area contributed by atoms with Gasteiger partial charge in [-0.05, 0) is 40.5 Å². The van der Waals surface area contributed by atoms with Crippen molar-refractivity contribution >= 4 is 15.9 Å². The van der Waals surface area contributed by atoms with Crippen LogP contribution in [0.1, 0.15) is 18.4 Å². The maximum atomic E-state index is 9.51. The van der Waals surface area contributed by atoms with E-state index in [4.69, 9.17) is 9.26 Å². The van der Waals surface area contributed by atoms with Crippen molar-refractivity contribution in [1.29, 1.82) is 0 Å². The van der Waals surface area contributed by atoms with Crippen LogP contribution in [-0.4, -0.2) is 35.0 Å². The zero-order chi connectivity index (χ0) is 14.1. The first-order valence-electron chi connectivity index (χ1n) is 6.26. The number of β-amino-alcohol motifs (C(OH)–C–C–N with tert-alkyl or cyclic N) is 1. The van der Waals surface area contributed by atoms with Crippen molar-refractivity contribution in [2.75, 3.05) is 13.7 Å². The van der Waals surface area contributed by atoms with E-state index in [9.17, 15) is 5.11 Å². The molecule has 2 aromatic rings. The van der Waals surface area contributed by atoms with Gasteiger partial charge in [0.15, 0.2) is 0 Å². The number of hydrogen-bond acceptors (Lipinski definition) is 6. The summed E-state index contributed by atoms with van der Waals surface area (Å²) < 4.78 is 11.3. The molecule has 1 aromatic carbocycles. The fourth-order valence-electron chi connectivity index (χ4n) is 2.20. The van der Waals surface area contributed by atoms with E-state index in [0.717, 1.165) is 15.8 Å². The maximum Gasteiger partial charge on any atom is 0.244 e. The van der Waals surface area contributed by atoms with Crippen LogP contribution >= 0.6 is 15.9 Å². The van der Waals surface area contributed by atoms with Gasteiger partial charge >= 0.3 is 0 Å². The molecule has 1 saturated heterocycles. The Hall–Kier alpha value is -1.44. The molecule has 20 heavy (non-hydrogen) atoms. The number of aliphatic hydroxyl groups is 1. The number of hydrogen-bond donors (Lipinski definition) is 2. The Bertz CT molecular complexity index is 617. The smallest absolute Gasteiger partial charge is 0.244 e. The minimum Gasteiger partial charge on any atom is -0.496 e. The largest absolute Gasteiger partial charge is 0.496 e. The molecule has 2 atom stereocenters. The Morgan fingerprint density at radius 3 is 3.00 bits per heavy atom. The first-order chi connectivity index (χ1) is 9.67. The average molecular weight is 340 g/mol. The Morgan fingerprint density at radius 1 is 1.50 bits per heavy atom. The SMILES string of the molecule is COc1ccc(-c2noc([C@@H]3C[C@@H](O)CN3)n2)cc1Br. The summed E-state index contributed by atoms with van der Waals surface area (Å²) in [6.07, 6.45) is 0.235. The van der Waals surface area contributed by atoms with E-state index in [0.29, 0.717) is 24.7 Å². The lowest BCUT2D eigenvalue weighted by molar-refractivity contribution is 0.191. The molecule has 3 rings (SSSR count). The first-order valence-corrected chi connectivity index (χ1v) is 7.05. The second kappa shape index (κ2) is 5.51. The van der Waals surface area contributed by atoms with E-state index < -0.39 is 0 Å². The quantitative estimate of drug-likeness (QED) is 0.888. The molecule has 0 saturated carbocycles. The second-order valence-corrected chi connectivity index (χ2v) is 5.51. The number of benzene rings is 1. The molecule has 0 amide bonds. The van der Waals surface area contributed by atoms with Gasteiger partial charge in [-0.1, -0.05) is 5.16 Å². The van der Waals surface area contributed by atoms with Gasteiger partial charge in [-0.2, -0.15) is 4.98 Å². The summed E-state index contributed by atoms with van der Waals surface area (Å²) >= 11 is 3.43. The van der Waals surface area contributed by atoms with Gasteiger partial charge in [-0.15, -0.1) is 0 Å². The molecule has 2 N–H and O–H groups in total. The van der Waals surface area contributed by atoms with Crippen molar-refractivity contribution in [3.05, 3.63) is 28.6 Å². The van der Waals surface area contributed by atoms with Crippen molar-refractivity contribution in [2.45, 2.75) is 18.6 Å². The number of rotatable bonds is 3. The Morgan fingerprint density at radius 2 is 2.35 bits per heavy atom. The van der Waals surface area contributed by atoms with E-state index in [2.05, 4.69) is 31.4 Å². The highest BCUT2D eigenvalue weighted by atomic mass is 79.9. The van der Waals surface area contributed by atoms with Crippen LogP contribution < -0.4 is 10.1 Å². The molecular weight excluding hydrogens is 326 g/mol. The number of aromatic nitrogens is 2. The van der Waals surface area contributed by atoms with Gasteiger partial charge in [0.25, 0.3) is 0 Å². The minimum absolute atomic E-state index is 0.0760. The van der Waals surface area contributed by atoms with Gasteiger partial charge in [-0.25, -0.2) is 0 Å². The van der Waals surface area contributed by atoms with Crippen molar-refractivity contribution in [3.63, 3.8) is 0 Å². The van der Waals surface area contributed by atoms with E-state index >= 15 is 0 Å². The number of nitrogens with one attached hydrogen (secondary N) is 1. The third-order valence-electron chi connectivity index (χ3n) is 3.26. The first kappa shape index (κ1) is 13.5. The van der Waals surface area contributed by atoms with Crippen molar-refractivity contribution in [2.24, 2.45) is 0 Å². The van der Waals surface area contributed by atoms with Gasteiger partial charge in [0.2, 0.25) is 11.7 Å². The fourth-order valence-corrected chi connectivity index (χ4v) is 2.75. The minimum atomic E-state index is -0.356. The van der Waals surface area contributed by atoms with E-state index in [1.54, 1.807) is 7.11 Å². The summed E-state index contributed by atoms with van der Waals surface area (Å²) in [5.41, 5.74) is 0.839. The third kappa shape index (κ3) is 2.56. The number of nitrogens with zero attached hydrogens (tertiary/aromatic N) is 2. The van der Waals surface area contributed by atoms with Crippen LogP contribution in [0.15, 0.2) is 27.2 Å². The summed E-state index contributed by atoms with van der Waals surface area (Å²) in [7, 11) is 1.61. The molecule has 0 radical (unpaired) electrons. The lowest BCUT2D eigenvalue weighted by Crippen LogP contribution is -2.15. The summed E-state index contributed by atoms with van der Waals surface area (Å²) in [5.74, 6) is 1.77. The molecule has 106 valence electrons. The average Bonchev–Trinajstić information content (AvgIpc) is 3.07. The molecular formula is C13H14BrN3O3. The summed E-state index contributed by atoms with van der Waals surface area (Å²) in [4.78, 5) is 4.38. The van der Waals surface area contributed by atoms with E-state index in [1.165, 1.54) is 0 Å². The van der Waals surface area contributed by atoms with Crippen LogP contribution in [0, 0.1) is 0 Å². The predicted octanol–water partition coefficient (Wildman–Crippen LogP) is 1.90. The number of aliphatic hydroxyl groups excluding tert-OH is 1. The Kier molecular flexibility index (Phi) is 3.73. The second-order valence-electron chi connectivity index (χ2n) is 4.66. The van der Waals surface area contributed by atoms with Crippen LogP contribution in [0.4, 0.5) is 0 Å². The molecule has 1 aliphatic heterocycles. The highest BCUT2D eigenvalue weighted by Gasteiger charge is 2.28. The topological polar surface area (TPSA) is 80.4 Å². The molecule has 1 aromatic heterocycles. The lowest BCUT2D eigenvalue weighted by atomic mass is 10.2. The van der Waals surface area contributed by atoms with Crippen LogP contribution in [0.5, 0.6) is 5.75 Å².